The zero-order valence-corrected chi connectivity index (χ0v) is 12.4. The summed E-state index contributed by atoms with van der Waals surface area (Å²) in [7, 11) is 0. The maximum Gasteiger partial charge on any atom is 0.208 e. The minimum atomic E-state index is -0.151. The molecule has 0 bridgehead atoms. The largest absolute Gasteiger partial charge is 0.445 e. The highest BCUT2D eigenvalue weighted by Gasteiger charge is 2.26. The molecular formula is C16H20FN3O. The van der Waals surface area contributed by atoms with Gasteiger partial charge < -0.3 is 9.32 Å². The predicted octanol–water partition coefficient (Wildman–Crippen LogP) is 2.83. The van der Waals surface area contributed by atoms with E-state index in [1.807, 2.05) is 19.1 Å². The molecule has 1 saturated heterocycles. The Morgan fingerprint density at radius 1 is 1.33 bits per heavy atom. The van der Waals surface area contributed by atoms with Gasteiger partial charge in [-0.15, -0.1) is 0 Å². The van der Waals surface area contributed by atoms with E-state index in [9.17, 15) is 4.39 Å². The number of oxazole rings is 1. The lowest BCUT2D eigenvalue weighted by Crippen LogP contribution is -2.51. The van der Waals surface area contributed by atoms with Crippen LogP contribution in [0.5, 0.6) is 0 Å². The van der Waals surface area contributed by atoms with Gasteiger partial charge in [0.05, 0.1) is 18.4 Å². The molecule has 3 rings (SSSR count). The van der Waals surface area contributed by atoms with E-state index in [0.29, 0.717) is 18.3 Å². The van der Waals surface area contributed by atoms with Gasteiger partial charge in [0.25, 0.3) is 0 Å². The molecule has 1 fully saturated rings. The van der Waals surface area contributed by atoms with E-state index in [1.165, 1.54) is 6.07 Å². The molecule has 0 spiro atoms. The van der Waals surface area contributed by atoms with Crippen molar-refractivity contribution in [3.05, 3.63) is 47.9 Å². The number of anilines is 1. The second-order valence-corrected chi connectivity index (χ2v) is 5.58. The molecular weight excluding hydrogens is 269 g/mol. The number of hydrogen-bond donors (Lipinski definition) is 0. The van der Waals surface area contributed by atoms with Crippen molar-refractivity contribution in [2.45, 2.75) is 26.4 Å². The quantitative estimate of drug-likeness (QED) is 0.870. The predicted molar refractivity (Wildman–Crippen MR) is 79.7 cm³/mol. The van der Waals surface area contributed by atoms with Crippen LogP contribution < -0.4 is 4.90 Å². The normalized spacial score (nSPS) is 20.0. The van der Waals surface area contributed by atoms with Crippen LogP contribution in [0, 0.1) is 12.7 Å². The monoisotopic (exact) mass is 289 g/mol. The van der Waals surface area contributed by atoms with Crippen LogP contribution >= 0.6 is 0 Å². The highest BCUT2D eigenvalue weighted by Crippen LogP contribution is 2.23. The molecule has 112 valence electrons. The van der Waals surface area contributed by atoms with Gasteiger partial charge in [-0.1, -0.05) is 12.1 Å². The van der Waals surface area contributed by atoms with Gasteiger partial charge >= 0.3 is 0 Å². The van der Waals surface area contributed by atoms with Crippen LogP contribution in [-0.2, 0) is 6.54 Å². The number of para-hydroxylation sites is 1. The molecule has 1 unspecified atom stereocenters. The Morgan fingerprint density at radius 2 is 2.14 bits per heavy atom. The second-order valence-electron chi connectivity index (χ2n) is 5.58. The van der Waals surface area contributed by atoms with Gasteiger partial charge in [-0.3, -0.25) is 4.90 Å². The molecule has 0 amide bonds. The molecule has 0 aliphatic carbocycles. The third-order valence-electron chi connectivity index (χ3n) is 3.97. The topological polar surface area (TPSA) is 32.5 Å². The lowest BCUT2D eigenvalue weighted by atomic mass is 10.1. The van der Waals surface area contributed by atoms with Crippen LogP contribution in [-0.4, -0.2) is 35.6 Å². The van der Waals surface area contributed by atoms with Crippen molar-refractivity contribution < 1.29 is 8.81 Å². The number of nitrogens with zero attached hydrogens (tertiary/aromatic N) is 3. The van der Waals surface area contributed by atoms with E-state index in [4.69, 9.17) is 4.42 Å². The number of hydrogen-bond acceptors (Lipinski definition) is 4. The van der Waals surface area contributed by atoms with E-state index in [0.717, 1.165) is 31.3 Å². The summed E-state index contributed by atoms with van der Waals surface area (Å²) in [6.07, 6.45) is 1.75. The van der Waals surface area contributed by atoms with Crippen molar-refractivity contribution >= 4 is 5.69 Å². The van der Waals surface area contributed by atoms with Gasteiger partial charge in [-0.25, -0.2) is 9.37 Å². The van der Waals surface area contributed by atoms with Gasteiger partial charge in [0.1, 0.15) is 11.6 Å². The minimum absolute atomic E-state index is 0.151. The fourth-order valence-electron chi connectivity index (χ4n) is 2.81. The first-order valence-electron chi connectivity index (χ1n) is 7.28. The summed E-state index contributed by atoms with van der Waals surface area (Å²) >= 11 is 0. The third-order valence-corrected chi connectivity index (χ3v) is 3.97. The summed E-state index contributed by atoms with van der Waals surface area (Å²) in [6.45, 7) is 7.25. The second kappa shape index (κ2) is 5.85. The Labute approximate surface area is 124 Å². The molecule has 0 N–H and O–H groups in total. The van der Waals surface area contributed by atoms with E-state index in [1.54, 1.807) is 12.3 Å². The molecule has 0 radical (unpaired) electrons. The molecule has 1 aromatic carbocycles. The van der Waals surface area contributed by atoms with Crippen molar-refractivity contribution in [1.82, 2.24) is 9.88 Å². The first kappa shape index (κ1) is 14.1. The highest BCUT2D eigenvalue weighted by molar-refractivity contribution is 5.48. The van der Waals surface area contributed by atoms with Crippen molar-refractivity contribution in [2.75, 3.05) is 24.5 Å². The summed E-state index contributed by atoms with van der Waals surface area (Å²) < 4.78 is 19.4. The Bertz CT molecular complexity index is 613. The SMILES string of the molecule is Cc1cnc(CN2CCN(c3ccccc3F)CC2C)o1. The summed E-state index contributed by atoms with van der Waals surface area (Å²) in [4.78, 5) is 8.68. The van der Waals surface area contributed by atoms with E-state index < -0.39 is 0 Å². The minimum Gasteiger partial charge on any atom is -0.445 e. The highest BCUT2D eigenvalue weighted by atomic mass is 19.1. The number of rotatable bonds is 3. The lowest BCUT2D eigenvalue weighted by Gasteiger charge is -2.40. The molecule has 0 saturated carbocycles. The van der Waals surface area contributed by atoms with E-state index in [-0.39, 0.29) is 5.82 Å². The molecule has 1 aliphatic rings. The summed E-state index contributed by atoms with van der Waals surface area (Å²) in [5.74, 6) is 1.43. The van der Waals surface area contributed by atoms with Crippen LogP contribution in [0.2, 0.25) is 0 Å². The first-order valence-corrected chi connectivity index (χ1v) is 7.28. The smallest absolute Gasteiger partial charge is 0.208 e. The average molecular weight is 289 g/mol. The fourth-order valence-corrected chi connectivity index (χ4v) is 2.81. The average Bonchev–Trinajstić information content (AvgIpc) is 2.87. The van der Waals surface area contributed by atoms with E-state index in [2.05, 4.69) is 21.7 Å². The van der Waals surface area contributed by atoms with Crippen LogP contribution in [0.1, 0.15) is 18.6 Å². The first-order chi connectivity index (χ1) is 10.1. The molecule has 4 nitrogen and oxygen atoms in total. The van der Waals surface area contributed by atoms with Crippen molar-refractivity contribution in [3.63, 3.8) is 0 Å². The molecule has 2 aromatic rings. The number of piperazine rings is 1. The zero-order valence-electron chi connectivity index (χ0n) is 12.4. The van der Waals surface area contributed by atoms with Crippen LogP contribution in [0.4, 0.5) is 10.1 Å². The number of benzene rings is 1. The third kappa shape index (κ3) is 3.08. The zero-order chi connectivity index (χ0) is 14.8. The van der Waals surface area contributed by atoms with Gasteiger partial charge in [0.15, 0.2) is 0 Å². The van der Waals surface area contributed by atoms with Gasteiger partial charge in [-0.2, -0.15) is 0 Å². The number of halogens is 1. The van der Waals surface area contributed by atoms with Gasteiger partial charge in [-0.05, 0) is 26.0 Å². The molecule has 1 aromatic heterocycles. The maximum absolute atomic E-state index is 13.9. The number of aryl methyl sites for hydroxylation is 1. The van der Waals surface area contributed by atoms with Gasteiger partial charge in [0.2, 0.25) is 5.89 Å². The fraction of sp³-hybridized carbons (Fsp3) is 0.438. The number of aromatic nitrogens is 1. The summed E-state index contributed by atoms with van der Waals surface area (Å²) in [5, 5.41) is 0. The molecule has 21 heavy (non-hydrogen) atoms. The van der Waals surface area contributed by atoms with Crippen molar-refractivity contribution in [1.29, 1.82) is 0 Å². The van der Waals surface area contributed by atoms with Crippen LogP contribution in [0.15, 0.2) is 34.9 Å². The lowest BCUT2D eigenvalue weighted by molar-refractivity contribution is 0.164. The summed E-state index contributed by atoms with van der Waals surface area (Å²) in [5.41, 5.74) is 0.691. The van der Waals surface area contributed by atoms with Crippen molar-refractivity contribution in [2.24, 2.45) is 0 Å². The Balaban J connectivity index is 1.65. The maximum atomic E-state index is 13.9. The Morgan fingerprint density at radius 3 is 2.81 bits per heavy atom. The molecule has 1 atom stereocenters. The summed E-state index contributed by atoms with van der Waals surface area (Å²) in [6, 6.07) is 7.29. The molecule has 1 aliphatic heterocycles. The standard InChI is InChI=1S/C16H20FN3O/c1-12-10-20(15-6-4-3-5-14(15)17)8-7-19(12)11-16-18-9-13(2)21-16/h3-6,9,12H,7-8,10-11H2,1-2H3. The molecule has 2 heterocycles. The van der Waals surface area contributed by atoms with Crippen molar-refractivity contribution in [3.8, 4) is 0 Å². The Kier molecular flexibility index (Phi) is 3.92. The van der Waals surface area contributed by atoms with E-state index >= 15 is 0 Å². The van der Waals surface area contributed by atoms with Crippen LogP contribution in [0.3, 0.4) is 0 Å². The van der Waals surface area contributed by atoms with Gasteiger partial charge in [0, 0.05) is 25.7 Å². The molecule has 5 heteroatoms. The van der Waals surface area contributed by atoms with Crippen LogP contribution in [0.25, 0.3) is 0 Å². The Hall–Kier alpha value is -1.88.